The van der Waals surface area contributed by atoms with Gasteiger partial charge in [0.2, 0.25) is 11.3 Å². The van der Waals surface area contributed by atoms with Gasteiger partial charge in [0.05, 0.1) is 24.2 Å². The standard InChI is InChI=1S/C29H39N5O7/c1-16(2)10-20(30)22(35)11-19(17(3)4)27(39)34-28(40)29(23-13-31-15-32-23)24(36)12-21(26(29)38)33-25(37)14-41-18-8-6-5-7-9-18/h5-9,13,15-17,19-22,35H,10-12,14,30H2,1-4H3,(H,31,32)(H,33,37)(H,34,39,40)/t19?,20-,21-,22-,29-/m0/s1. The molecule has 3 rings (SSSR count). The lowest BCUT2D eigenvalue weighted by molar-refractivity contribution is -0.144. The van der Waals surface area contributed by atoms with Crippen LogP contribution in [0.25, 0.3) is 0 Å². The third-order valence-electron chi connectivity index (χ3n) is 7.28. The quantitative estimate of drug-likeness (QED) is 0.217. The van der Waals surface area contributed by atoms with Gasteiger partial charge in [0.15, 0.2) is 18.2 Å². The summed E-state index contributed by atoms with van der Waals surface area (Å²) in [7, 11) is 0. The molecule has 3 amide bonds. The van der Waals surface area contributed by atoms with Crippen molar-refractivity contribution < 1.29 is 33.8 Å². The predicted octanol–water partition coefficient (Wildman–Crippen LogP) is 0.793. The molecule has 0 aliphatic heterocycles. The number of nitrogens with zero attached hydrogens (tertiary/aromatic N) is 1. The molecule has 1 aliphatic carbocycles. The second-order valence-electron chi connectivity index (χ2n) is 11.2. The molecule has 6 N–H and O–H groups in total. The maximum absolute atomic E-state index is 13.7. The van der Waals surface area contributed by atoms with Crippen LogP contribution in [-0.2, 0) is 29.4 Å². The average Bonchev–Trinajstić information content (AvgIpc) is 3.52. The monoisotopic (exact) mass is 569 g/mol. The summed E-state index contributed by atoms with van der Waals surface area (Å²) in [4.78, 5) is 73.3. The number of hydrogen-bond donors (Lipinski definition) is 5. The summed E-state index contributed by atoms with van der Waals surface area (Å²) in [5, 5.41) is 15.3. The second kappa shape index (κ2) is 13.6. The molecule has 0 radical (unpaired) electrons. The Morgan fingerprint density at radius 3 is 2.41 bits per heavy atom. The molecule has 0 spiro atoms. The number of rotatable bonds is 13. The molecule has 1 fully saturated rings. The molecule has 1 saturated carbocycles. The van der Waals surface area contributed by atoms with E-state index in [1.165, 1.54) is 12.5 Å². The maximum atomic E-state index is 13.7. The van der Waals surface area contributed by atoms with Crippen molar-refractivity contribution in [2.45, 2.75) is 70.6 Å². The minimum atomic E-state index is -2.44. The number of benzene rings is 1. The Bertz CT molecular complexity index is 1230. The van der Waals surface area contributed by atoms with Crippen molar-refractivity contribution >= 4 is 29.3 Å². The van der Waals surface area contributed by atoms with Crippen LogP contribution in [0, 0.1) is 17.8 Å². The molecule has 41 heavy (non-hydrogen) atoms. The fraction of sp³-hybridized carbons (Fsp3) is 0.517. The molecular formula is C29H39N5O7. The zero-order chi connectivity index (χ0) is 30.3. The Balaban J connectivity index is 1.78. The zero-order valence-electron chi connectivity index (χ0n) is 23.8. The van der Waals surface area contributed by atoms with Crippen molar-refractivity contribution in [1.82, 2.24) is 20.6 Å². The minimum Gasteiger partial charge on any atom is -0.484 e. The van der Waals surface area contributed by atoms with Crippen LogP contribution in [0.15, 0.2) is 42.9 Å². The highest BCUT2D eigenvalue weighted by Crippen LogP contribution is 2.35. The Hall–Kier alpha value is -3.90. The number of hydrogen-bond acceptors (Lipinski definition) is 9. The van der Waals surface area contributed by atoms with Crippen LogP contribution in [0.5, 0.6) is 5.75 Å². The fourth-order valence-electron chi connectivity index (χ4n) is 5.05. The lowest BCUT2D eigenvalue weighted by atomic mass is 9.79. The average molecular weight is 570 g/mol. The molecule has 12 heteroatoms. The fourth-order valence-corrected chi connectivity index (χ4v) is 5.05. The van der Waals surface area contributed by atoms with Crippen molar-refractivity contribution in [3.05, 3.63) is 48.5 Å². The number of H-pyrrole nitrogens is 1. The Morgan fingerprint density at radius 2 is 1.83 bits per heavy atom. The highest BCUT2D eigenvalue weighted by Gasteiger charge is 2.63. The lowest BCUT2D eigenvalue weighted by Crippen LogP contribution is -2.57. The first-order chi connectivity index (χ1) is 19.4. The number of ketones is 2. The topological polar surface area (TPSA) is 194 Å². The largest absolute Gasteiger partial charge is 0.484 e. The zero-order valence-corrected chi connectivity index (χ0v) is 23.8. The van der Waals surface area contributed by atoms with Crippen molar-refractivity contribution in [3.8, 4) is 5.75 Å². The molecule has 1 aromatic heterocycles. The number of imide groups is 1. The number of ether oxygens (including phenoxy) is 1. The van der Waals surface area contributed by atoms with Gasteiger partial charge in [-0.15, -0.1) is 0 Å². The van der Waals surface area contributed by atoms with Gasteiger partial charge in [-0.25, -0.2) is 4.98 Å². The van der Waals surface area contributed by atoms with Crippen molar-refractivity contribution in [3.63, 3.8) is 0 Å². The molecule has 2 aromatic rings. The maximum Gasteiger partial charge on any atom is 0.258 e. The number of amides is 3. The van der Waals surface area contributed by atoms with Crippen LogP contribution >= 0.6 is 0 Å². The molecular weight excluding hydrogens is 530 g/mol. The lowest BCUT2D eigenvalue weighted by Gasteiger charge is -2.28. The van der Waals surface area contributed by atoms with Crippen LogP contribution in [0.2, 0.25) is 0 Å². The van der Waals surface area contributed by atoms with Gasteiger partial charge in [-0.3, -0.25) is 29.3 Å². The van der Waals surface area contributed by atoms with Crippen LogP contribution in [-0.4, -0.2) is 69.2 Å². The van der Waals surface area contributed by atoms with E-state index in [-0.39, 0.29) is 24.0 Å². The van der Waals surface area contributed by atoms with Crippen molar-refractivity contribution in [2.24, 2.45) is 23.5 Å². The highest BCUT2D eigenvalue weighted by molar-refractivity contribution is 6.35. The summed E-state index contributed by atoms with van der Waals surface area (Å²) in [6.07, 6.45) is 1.50. The van der Waals surface area contributed by atoms with Crippen LogP contribution < -0.4 is 21.1 Å². The number of carbonyl (C=O) groups excluding carboxylic acids is 5. The number of aromatic amines is 1. The van der Waals surface area contributed by atoms with E-state index in [4.69, 9.17) is 10.5 Å². The first kappa shape index (κ1) is 31.6. The number of aromatic nitrogens is 2. The smallest absolute Gasteiger partial charge is 0.258 e. The van der Waals surface area contributed by atoms with Gasteiger partial charge in [0.25, 0.3) is 11.8 Å². The summed E-state index contributed by atoms with van der Waals surface area (Å²) < 4.78 is 5.40. The summed E-state index contributed by atoms with van der Waals surface area (Å²) >= 11 is 0. The molecule has 1 aromatic carbocycles. The van der Waals surface area contributed by atoms with Gasteiger partial charge in [-0.2, -0.15) is 0 Å². The molecule has 222 valence electrons. The van der Waals surface area contributed by atoms with Gasteiger partial charge in [0.1, 0.15) is 5.75 Å². The van der Waals surface area contributed by atoms with E-state index in [9.17, 15) is 29.1 Å². The number of carbonyl (C=O) groups is 5. The molecule has 1 aliphatic rings. The molecule has 12 nitrogen and oxygen atoms in total. The number of aliphatic hydroxyl groups excluding tert-OH is 1. The summed E-state index contributed by atoms with van der Waals surface area (Å²) in [5.41, 5.74) is 3.48. The number of para-hydroxylation sites is 1. The van der Waals surface area contributed by atoms with E-state index in [0.29, 0.717) is 12.2 Å². The van der Waals surface area contributed by atoms with Crippen molar-refractivity contribution in [2.75, 3.05) is 6.61 Å². The summed E-state index contributed by atoms with van der Waals surface area (Å²) in [6.45, 7) is 7.03. The molecule has 5 atom stereocenters. The third-order valence-corrected chi connectivity index (χ3v) is 7.28. The number of aliphatic hydroxyl groups is 1. The van der Waals surface area contributed by atoms with E-state index < -0.39 is 71.8 Å². The summed E-state index contributed by atoms with van der Waals surface area (Å²) in [5.74, 6) is -4.75. The second-order valence-corrected chi connectivity index (χ2v) is 11.2. The van der Waals surface area contributed by atoms with E-state index in [0.717, 1.165) is 0 Å². The van der Waals surface area contributed by atoms with E-state index in [1.54, 1.807) is 44.2 Å². The first-order valence-electron chi connectivity index (χ1n) is 13.7. The minimum absolute atomic E-state index is 0.0118. The molecule has 0 saturated heterocycles. The molecule has 1 heterocycles. The summed E-state index contributed by atoms with van der Waals surface area (Å²) in [6, 6.07) is 6.66. The molecule has 0 bridgehead atoms. The number of Topliss-reactive ketones (excluding diaryl/α,β-unsaturated/α-hetero) is 2. The molecule has 1 unspecified atom stereocenters. The van der Waals surface area contributed by atoms with E-state index in [2.05, 4.69) is 20.6 Å². The van der Waals surface area contributed by atoms with Crippen LogP contribution in [0.3, 0.4) is 0 Å². The van der Waals surface area contributed by atoms with Gasteiger partial charge in [-0.1, -0.05) is 45.9 Å². The van der Waals surface area contributed by atoms with Gasteiger partial charge in [0, 0.05) is 24.6 Å². The Morgan fingerprint density at radius 1 is 1.15 bits per heavy atom. The van der Waals surface area contributed by atoms with Crippen LogP contribution in [0.4, 0.5) is 0 Å². The predicted molar refractivity (Wildman–Crippen MR) is 148 cm³/mol. The SMILES string of the molecule is CC(C)C[C@H](N)[C@@H](O)CC(C(=O)NC(=O)[C@@]1(c2c[nH]cn2)C(=O)C[C@H](NC(=O)COc2ccccc2)C1=O)C(C)C. The van der Waals surface area contributed by atoms with Gasteiger partial charge in [-0.05, 0) is 36.8 Å². The number of nitrogens with two attached hydrogens (primary N) is 1. The van der Waals surface area contributed by atoms with Gasteiger partial charge < -0.3 is 25.9 Å². The Kier molecular flexibility index (Phi) is 10.5. The first-order valence-corrected chi connectivity index (χ1v) is 13.7. The third kappa shape index (κ3) is 7.25. The highest BCUT2D eigenvalue weighted by atomic mass is 16.5. The Labute approximate surface area is 238 Å². The van der Waals surface area contributed by atoms with Crippen LogP contribution in [0.1, 0.15) is 52.7 Å². The number of imidazole rings is 1. The van der Waals surface area contributed by atoms with Gasteiger partial charge >= 0.3 is 0 Å². The van der Waals surface area contributed by atoms with E-state index in [1.807, 2.05) is 13.8 Å². The van der Waals surface area contributed by atoms with E-state index >= 15 is 0 Å². The normalized spacial score (nSPS) is 21.0. The van der Waals surface area contributed by atoms with Crippen molar-refractivity contribution in [1.29, 1.82) is 0 Å². The number of nitrogens with one attached hydrogen (secondary N) is 3.